The predicted octanol–water partition coefficient (Wildman–Crippen LogP) is 2.79. The van der Waals surface area contributed by atoms with Gasteiger partial charge in [0.1, 0.15) is 0 Å². The average Bonchev–Trinajstić information content (AvgIpc) is 3.16. The molecule has 28 heavy (non-hydrogen) atoms. The van der Waals surface area contributed by atoms with Gasteiger partial charge >= 0.3 is 5.97 Å². The molecule has 0 fully saturated rings. The molecule has 1 heterocycles. The first-order valence-electron chi connectivity index (χ1n) is 8.57. The molecule has 8 heteroatoms. The van der Waals surface area contributed by atoms with Gasteiger partial charge in [-0.2, -0.15) is 9.40 Å². The number of para-hydroxylation sites is 1. The monoisotopic (exact) mass is 399 g/mol. The Balaban J connectivity index is 1.85. The van der Waals surface area contributed by atoms with Gasteiger partial charge in [-0.05, 0) is 36.8 Å². The van der Waals surface area contributed by atoms with E-state index in [0.29, 0.717) is 5.56 Å². The third kappa shape index (κ3) is 3.97. The summed E-state index contributed by atoms with van der Waals surface area (Å²) in [5.41, 5.74) is 2.38. The molecule has 0 bridgehead atoms. The van der Waals surface area contributed by atoms with Crippen LogP contribution in [0.25, 0.3) is 5.69 Å². The summed E-state index contributed by atoms with van der Waals surface area (Å²) in [7, 11) is -1.04. The van der Waals surface area contributed by atoms with Gasteiger partial charge in [-0.25, -0.2) is 17.9 Å². The van der Waals surface area contributed by atoms with Crippen molar-refractivity contribution in [2.75, 3.05) is 14.2 Å². The SMILES string of the molecule is COC(=O)c1ccc(C)c(S(=O)(=O)N(C)Cc2cnn(-c3ccccc3)c2)c1. The lowest BCUT2D eigenvalue weighted by atomic mass is 10.1. The molecule has 1 aromatic heterocycles. The van der Waals surface area contributed by atoms with Crippen LogP contribution in [0.5, 0.6) is 0 Å². The molecular weight excluding hydrogens is 378 g/mol. The Bertz CT molecular complexity index is 1090. The smallest absolute Gasteiger partial charge is 0.337 e. The van der Waals surface area contributed by atoms with Crippen LogP contribution in [0.2, 0.25) is 0 Å². The van der Waals surface area contributed by atoms with Crippen molar-refractivity contribution >= 4 is 16.0 Å². The molecule has 0 aliphatic heterocycles. The quantitative estimate of drug-likeness (QED) is 0.596. The fourth-order valence-electron chi connectivity index (χ4n) is 2.80. The number of aromatic nitrogens is 2. The van der Waals surface area contributed by atoms with Gasteiger partial charge in [0.25, 0.3) is 0 Å². The van der Waals surface area contributed by atoms with Crippen molar-refractivity contribution in [3.05, 3.63) is 77.6 Å². The third-order valence-corrected chi connectivity index (χ3v) is 6.30. The van der Waals surface area contributed by atoms with Crippen LogP contribution < -0.4 is 0 Å². The maximum absolute atomic E-state index is 13.0. The Morgan fingerprint density at radius 2 is 1.89 bits per heavy atom. The molecule has 0 aliphatic carbocycles. The molecule has 146 valence electrons. The second kappa shape index (κ2) is 7.95. The number of carbonyl (C=O) groups excluding carboxylic acids is 1. The highest BCUT2D eigenvalue weighted by molar-refractivity contribution is 7.89. The Hall–Kier alpha value is -2.97. The number of rotatable bonds is 6. The molecular formula is C20H21N3O4S. The van der Waals surface area contributed by atoms with E-state index < -0.39 is 16.0 Å². The summed E-state index contributed by atoms with van der Waals surface area (Å²) in [5.74, 6) is -0.580. The molecule has 0 radical (unpaired) electrons. The maximum Gasteiger partial charge on any atom is 0.337 e. The molecule has 0 aliphatic rings. The highest BCUT2D eigenvalue weighted by Gasteiger charge is 2.25. The third-order valence-electron chi connectivity index (χ3n) is 4.36. The second-order valence-electron chi connectivity index (χ2n) is 6.36. The van der Waals surface area contributed by atoms with Gasteiger partial charge in [-0.3, -0.25) is 0 Å². The zero-order valence-electron chi connectivity index (χ0n) is 15.9. The van der Waals surface area contributed by atoms with E-state index in [1.165, 1.54) is 24.5 Å². The van der Waals surface area contributed by atoms with Crippen LogP contribution in [-0.4, -0.2) is 42.6 Å². The summed E-state index contributed by atoms with van der Waals surface area (Å²) in [4.78, 5) is 11.8. The fourth-order valence-corrected chi connectivity index (χ4v) is 4.20. The van der Waals surface area contributed by atoms with E-state index in [1.54, 1.807) is 36.1 Å². The summed E-state index contributed by atoms with van der Waals surface area (Å²) in [6, 6.07) is 14.1. The van der Waals surface area contributed by atoms with Crippen molar-refractivity contribution in [1.82, 2.24) is 14.1 Å². The molecule has 2 aromatic carbocycles. The van der Waals surface area contributed by atoms with E-state index >= 15 is 0 Å². The van der Waals surface area contributed by atoms with Gasteiger partial charge in [0.2, 0.25) is 10.0 Å². The summed E-state index contributed by atoms with van der Waals surface area (Å²) in [6.07, 6.45) is 3.43. The lowest BCUT2D eigenvalue weighted by Gasteiger charge is -2.18. The molecule has 3 aromatic rings. The zero-order valence-corrected chi connectivity index (χ0v) is 16.7. The minimum atomic E-state index is -3.80. The van der Waals surface area contributed by atoms with Crippen molar-refractivity contribution in [3.63, 3.8) is 0 Å². The van der Waals surface area contributed by atoms with Crippen molar-refractivity contribution < 1.29 is 17.9 Å². The van der Waals surface area contributed by atoms with Crippen LogP contribution in [0.15, 0.2) is 65.8 Å². The molecule has 7 nitrogen and oxygen atoms in total. The number of ether oxygens (including phenoxy) is 1. The second-order valence-corrected chi connectivity index (χ2v) is 8.37. The van der Waals surface area contributed by atoms with Crippen molar-refractivity contribution in [2.24, 2.45) is 0 Å². The van der Waals surface area contributed by atoms with E-state index in [0.717, 1.165) is 11.3 Å². The number of hydrogen-bond acceptors (Lipinski definition) is 5. The number of aryl methyl sites for hydroxylation is 1. The van der Waals surface area contributed by atoms with Gasteiger partial charge in [0.15, 0.2) is 0 Å². The van der Waals surface area contributed by atoms with Gasteiger partial charge < -0.3 is 4.74 Å². The normalized spacial score (nSPS) is 11.6. The van der Waals surface area contributed by atoms with Crippen LogP contribution in [0, 0.1) is 6.92 Å². The Labute approximate surface area is 164 Å². The highest BCUT2D eigenvalue weighted by atomic mass is 32.2. The molecule has 0 N–H and O–H groups in total. The number of methoxy groups -OCH3 is 1. The number of benzene rings is 2. The maximum atomic E-state index is 13.0. The number of carbonyl (C=O) groups is 1. The van der Waals surface area contributed by atoms with E-state index in [2.05, 4.69) is 9.84 Å². The number of esters is 1. The van der Waals surface area contributed by atoms with Crippen LogP contribution in [0.1, 0.15) is 21.5 Å². The average molecular weight is 399 g/mol. The summed E-state index contributed by atoms with van der Waals surface area (Å²) in [5, 5.41) is 4.29. The molecule has 0 saturated heterocycles. The minimum absolute atomic E-state index is 0.0772. The summed E-state index contributed by atoms with van der Waals surface area (Å²) < 4.78 is 33.7. The molecule has 0 amide bonds. The summed E-state index contributed by atoms with van der Waals surface area (Å²) in [6.45, 7) is 1.84. The lowest BCUT2D eigenvalue weighted by Crippen LogP contribution is -2.27. The molecule has 0 unspecified atom stereocenters. The fraction of sp³-hybridized carbons (Fsp3) is 0.200. The van der Waals surface area contributed by atoms with Crippen LogP contribution in [0.3, 0.4) is 0 Å². The number of sulfonamides is 1. The standard InChI is InChI=1S/C20H21N3O4S/c1-15-9-10-17(20(24)27-3)11-19(15)28(25,26)22(2)13-16-12-21-23(14-16)18-7-5-4-6-8-18/h4-12,14H,13H2,1-3H3. The van der Waals surface area contributed by atoms with Crippen LogP contribution in [0.4, 0.5) is 0 Å². The molecule has 0 saturated carbocycles. The first kappa shape index (κ1) is 19.8. The Kier molecular flexibility index (Phi) is 5.62. The van der Waals surface area contributed by atoms with Gasteiger partial charge in [-0.1, -0.05) is 24.3 Å². The molecule has 0 spiro atoms. The van der Waals surface area contributed by atoms with Gasteiger partial charge in [0, 0.05) is 25.4 Å². The predicted molar refractivity (Wildman–Crippen MR) is 105 cm³/mol. The Morgan fingerprint density at radius 3 is 2.57 bits per heavy atom. The topological polar surface area (TPSA) is 81.5 Å². The first-order chi connectivity index (χ1) is 13.3. The zero-order chi connectivity index (χ0) is 20.3. The van der Waals surface area contributed by atoms with Crippen LogP contribution in [-0.2, 0) is 21.3 Å². The Morgan fingerprint density at radius 1 is 1.18 bits per heavy atom. The van der Waals surface area contributed by atoms with Crippen molar-refractivity contribution in [2.45, 2.75) is 18.4 Å². The highest BCUT2D eigenvalue weighted by Crippen LogP contribution is 2.22. The first-order valence-corrected chi connectivity index (χ1v) is 10.0. The van der Waals surface area contributed by atoms with Gasteiger partial charge in [0.05, 0.1) is 29.5 Å². The number of hydrogen-bond donors (Lipinski definition) is 0. The molecule has 3 rings (SSSR count). The molecule has 0 atom stereocenters. The largest absolute Gasteiger partial charge is 0.465 e. The minimum Gasteiger partial charge on any atom is -0.465 e. The summed E-state index contributed by atoms with van der Waals surface area (Å²) >= 11 is 0. The number of nitrogens with zero attached hydrogens (tertiary/aromatic N) is 3. The van der Waals surface area contributed by atoms with Crippen molar-refractivity contribution in [3.8, 4) is 5.69 Å². The van der Waals surface area contributed by atoms with Crippen LogP contribution >= 0.6 is 0 Å². The van der Waals surface area contributed by atoms with E-state index in [-0.39, 0.29) is 17.0 Å². The lowest BCUT2D eigenvalue weighted by molar-refractivity contribution is 0.0600. The van der Waals surface area contributed by atoms with Gasteiger partial charge in [-0.15, -0.1) is 0 Å². The van der Waals surface area contributed by atoms with E-state index in [4.69, 9.17) is 0 Å². The van der Waals surface area contributed by atoms with E-state index in [1.807, 2.05) is 30.3 Å². The van der Waals surface area contributed by atoms with Crippen molar-refractivity contribution in [1.29, 1.82) is 0 Å². The van der Waals surface area contributed by atoms with E-state index in [9.17, 15) is 13.2 Å².